The second kappa shape index (κ2) is 8.06. The number of ether oxygens (including phenoxy) is 1. The second-order valence-corrected chi connectivity index (χ2v) is 3.76. The standard InChI is InChI=1S/C13H21NO3/c1-2-17-13-6-4-3-5-12(13)11-14(7-9-15)8-10-16/h3-6,15-16H,2,7-11H2,1H3. The molecule has 2 N–H and O–H groups in total. The zero-order valence-corrected chi connectivity index (χ0v) is 10.3. The summed E-state index contributed by atoms with van der Waals surface area (Å²) in [5, 5.41) is 17.9. The summed E-state index contributed by atoms with van der Waals surface area (Å²) in [6, 6.07) is 7.85. The Hall–Kier alpha value is -1.10. The van der Waals surface area contributed by atoms with Crippen LogP contribution in [-0.4, -0.2) is 48.0 Å². The fourth-order valence-corrected chi connectivity index (χ4v) is 1.72. The lowest BCUT2D eigenvalue weighted by Crippen LogP contribution is -2.29. The van der Waals surface area contributed by atoms with E-state index in [4.69, 9.17) is 14.9 Å². The third-order valence-electron chi connectivity index (χ3n) is 2.50. The third kappa shape index (κ3) is 4.73. The van der Waals surface area contributed by atoms with Crippen molar-refractivity contribution < 1.29 is 14.9 Å². The first-order chi connectivity index (χ1) is 8.31. The SMILES string of the molecule is CCOc1ccccc1CN(CCO)CCO. The first-order valence-corrected chi connectivity index (χ1v) is 5.96. The Morgan fingerprint density at radius 1 is 1.12 bits per heavy atom. The van der Waals surface area contributed by atoms with Crippen LogP contribution in [0.4, 0.5) is 0 Å². The molecule has 0 radical (unpaired) electrons. The Labute approximate surface area is 102 Å². The maximum Gasteiger partial charge on any atom is 0.123 e. The molecule has 0 saturated carbocycles. The van der Waals surface area contributed by atoms with Crippen LogP contribution in [0, 0.1) is 0 Å². The monoisotopic (exact) mass is 239 g/mol. The van der Waals surface area contributed by atoms with E-state index >= 15 is 0 Å². The van der Waals surface area contributed by atoms with Crippen LogP contribution in [0.15, 0.2) is 24.3 Å². The van der Waals surface area contributed by atoms with E-state index in [1.165, 1.54) is 0 Å². The van der Waals surface area contributed by atoms with E-state index in [1.807, 2.05) is 36.1 Å². The molecular formula is C13H21NO3. The Bertz CT molecular complexity index is 311. The molecule has 0 fully saturated rings. The van der Waals surface area contributed by atoms with Gasteiger partial charge in [0.05, 0.1) is 19.8 Å². The minimum Gasteiger partial charge on any atom is -0.494 e. The average Bonchev–Trinajstić information content (AvgIpc) is 2.33. The Morgan fingerprint density at radius 3 is 2.35 bits per heavy atom. The zero-order chi connectivity index (χ0) is 12.5. The molecule has 0 bridgehead atoms. The van der Waals surface area contributed by atoms with Crippen molar-refractivity contribution in [3.05, 3.63) is 29.8 Å². The van der Waals surface area contributed by atoms with E-state index in [9.17, 15) is 0 Å². The molecule has 0 aromatic heterocycles. The molecule has 0 aliphatic rings. The third-order valence-corrected chi connectivity index (χ3v) is 2.50. The summed E-state index contributed by atoms with van der Waals surface area (Å²) in [4.78, 5) is 2.00. The largest absolute Gasteiger partial charge is 0.494 e. The molecule has 17 heavy (non-hydrogen) atoms. The smallest absolute Gasteiger partial charge is 0.123 e. The number of rotatable bonds is 8. The molecular weight excluding hydrogens is 218 g/mol. The molecule has 1 aromatic rings. The minimum absolute atomic E-state index is 0.0940. The maximum atomic E-state index is 8.96. The second-order valence-electron chi connectivity index (χ2n) is 3.76. The predicted molar refractivity (Wildman–Crippen MR) is 67.1 cm³/mol. The number of benzene rings is 1. The topological polar surface area (TPSA) is 52.9 Å². The average molecular weight is 239 g/mol. The van der Waals surface area contributed by atoms with E-state index in [0.717, 1.165) is 11.3 Å². The van der Waals surface area contributed by atoms with Gasteiger partial charge in [0.1, 0.15) is 5.75 Å². The summed E-state index contributed by atoms with van der Waals surface area (Å²) in [6.45, 7) is 4.57. The first kappa shape index (κ1) is 14.0. The molecule has 4 nitrogen and oxygen atoms in total. The number of nitrogens with zero attached hydrogens (tertiary/aromatic N) is 1. The lowest BCUT2D eigenvalue weighted by atomic mass is 10.2. The summed E-state index contributed by atoms with van der Waals surface area (Å²) < 4.78 is 5.54. The molecule has 0 heterocycles. The first-order valence-electron chi connectivity index (χ1n) is 5.96. The van der Waals surface area contributed by atoms with E-state index in [0.29, 0.717) is 26.2 Å². The molecule has 96 valence electrons. The van der Waals surface area contributed by atoms with Crippen molar-refractivity contribution in [2.24, 2.45) is 0 Å². The van der Waals surface area contributed by atoms with Gasteiger partial charge in [-0.25, -0.2) is 0 Å². The lowest BCUT2D eigenvalue weighted by Gasteiger charge is -2.21. The van der Waals surface area contributed by atoms with Gasteiger partial charge in [-0.3, -0.25) is 4.90 Å². The molecule has 0 saturated heterocycles. The van der Waals surface area contributed by atoms with Gasteiger partial charge in [0.25, 0.3) is 0 Å². The van der Waals surface area contributed by atoms with Gasteiger partial charge in [-0.05, 0) is 13.0 Å². The normalized spacial score (nSPS) is 10.8. The van der Waals surface area contributed by atoms with Crippen molar-refractivity contribution in [2.45, 2.75) is 13.5 Å². The molecule has 0 amide bonds. The van der Waals surface area contributed by atoms with Gasteiger partial charge < -0.3 is 14.9 Å². The van der Waals surface area contributed by atoms with E-state index in [-0.39, 0.29) is 13.2 Å². The molecule has 1 rings (SSSR count). The number of para-hydroxylation sites is 1. The van der Waals surface area contributed by atoms with Crippen LogP contribution < -0.4 is 4.74 Å². The van der Waals surface area contributed by atoms with Gasteiger partial charge in [-0.1, -0.05) is 18.2 Å². The van der Waals surface area contributed by atoms with Crippen LogP contribution in [0.1, 0.15) is 12.5 Å². The van der Waals surface area contributed by atoms with Gasteiger partial charge in [0.2, 0.25) is 0 Å². The molecule has 0 atom stereocenters. The van der Waals surface area contributed by atoms with Crippen molar-refractivity contribution in [1.29, 1.82) is 0 Å². The van der Waals surface area contributed by atoms with Crippen molar-refractivity contribution >= 4 is 0 Å². The molecule has 1 aromatic carbocycles. The fraction of sp³-hybridized carbons (Fsp3) is 0.538. The molecule has 4 heteroatoms. The van der Waals surface area contributed by atoms with Gasteiger partial charge >= 0.3 is 0 Å². The van der Waals surface area contributed by atoms with Crippen molar-refractivity contribution in [3.63, 3.8) is 0 Å². The summed E-state index contributed by atoms with van der Waals surface area (Å²) in [6.07, 6.45) is 0. The molecule has 0 aliphatic heterocycles. The molecule has 0 spiro atoms. The van der Waals surface area contributed by atoms with Crippen LogP contribution in [0.5, 0.6) is 5.75 Å². The molecule has 0 unspecified atom stereocenters. The van der Waals surface area contributed by atoms with E-state index in [2.05, 4.69) is 0 Å². The quantitative estimate of drug-likeness (QED) is 0.707. The molecule has 0 aliphatic carbocycles. The van der Waals surface area contributed by atoms with Crippen LogP contribution in [0.2, 0.25) is 0 Å². The highest BCUT2D eigenvalue weighted by atomic mass is 16.5. The summed E-state index contributed by atoms with van der Waals surface area (Å²) >= 11 is 0. The van der Waals surface area contributed by atoms with E-state index < -0.39 is 0 Å². The highest BCUT2D eigenvalue weighted by Crippen LogP contribution is 2.19. The van der Waals surface area contributed by atoms with Crippen LogP contribution in [0.25, 0.3) is 0 Å². The number of aliphatic hydroxyl groups is 2. The van der Waals surface area contributed by atoms with Crippen LogP contribution in [0.3, 0.4) is 0 Å². The van der Waals surface area contributed by atoms with Gasteiger partial charge in [0, 0.05) is 25.2 Å². The highest BCUT2D eigenvalue weighted by Gasteiger charge is 2.08. The Balaban J connectivity index is 2.69. The van der Waals surface area contributed by atoms with Crippen molar-refractivity contribution in [2.75, 3.05) is 32.9 Å². The minimum atomic E-state index is 0.0940. The van der Waals surface area contributed by atoms with Crippen LogP contribution >= 0.6 is 0 Å². The van der Waals surface area contributed by atoms with Crippen LogP contribution in [-0.2, 0) is 6.54 Å². The van der Waals surface area contributed by atoms with Gasteiger partial charge in [-0.15, -0.1) is 0 Å². The van der Waals surface area contributed by atoms with Crippen molar-refractivity contribution in [1.82, 2.24) is 4.90 Å². The number of hydrogen-bond donors (Lipinski definition) is 2. The highest BCUT2D eigenvalue weighted by molar-refractivity contribution is 5.33. The predicted octanol–water partition coefficient (Wildman–Crippen LogP) is 0.872. The van der Waals surface area contributed by atoms with E-state index in [1.54, 1.807) is 0 Å². The number of aliphatic hydroxyl groups excluding tert-OH is 2. The summed E-state index contributed by atoms with van der Waals surface area (Å²) in [7, 11) is 0. The number of hydrogen-bond acceptors (Lipinski definition) is 4. The van der Waals surface area contributed by atoms with Gasteiger partial charge in [-0.2, -0.15) is 0 Å². The fourth-order valence-electron chi connectivity index (χ4n) is 1.72. The zero-order valence-electron chi connectivity index (χ0n) is 10.3. The van der Waals surface area contributed by atoms with Crippen molar-refractivity contribution in [3.8, 4) is 5.75 Å². The maximum absolute atomic E-state index is 8.96. The lowest BCUT2D eigenvalue weighted by molar-refractivity contribution is 0.154. The summed E-state index contributed by atoms with van der Waals surface area (Å²) in [5.41, 5.74) is 1.08. The van der Waals surface area contributed by atoms with Gasteiger partial charge in [0.15, 0.2) is 0 Å². The Morgan fingerprint density at radius 2 is 1.76 bits per heavy atom. The summed E-state index contributed by atoms with van der Waals surface area (Å²) in [5.74, 6) is 0.871. The Kier molecular flexibility index (Phi) is 6.62.